The Bertz CT molecular complexity index is 777. The lowest BCUT2D eigenvalue weighted by Gasteiger charge is -2.27. The van der Waals surface area contributed by atoms with Gasteiger partial charge >= 0.3 is 0 Å². The largest absolute Gasteiger partial charge is 0.459 e. The summed E-state index contributed by atoms with van der Waals surface area (Å²) in [5.74, 6) is 0.335. The zero-order chi connectivity index (χ0) is 18.1. The maximum Gasteiger partial charge on any atom is 0.287 e. The minimum atomic E-state index is -0.106. The third kappa shape index (κ3) is 3.36. The molecule has 2 aliphatic rings. The molecule has 3 N–H and O–H groups in total. The van der Waals surface area contributed by atoms with Crippen LogP contribution >= 0.6 is 0 Å². The number of hydrogen-bond donors (Lipinski definition) is 2. The normalized spacial score (nSPS) is 25.2. The van der Waals surface area contributed by atoms with Crippen molar-refractivity contribution in [3.63, 3.8) is 0 Å². The van der Waals surface area contributed by atoms with Gasteiger partial charge in [-0.3, -0.25) is 4.79 Å². The highest BCUT2D eigenvalue weighted by Gasteiger charge is 2.28. The van der Waals surface area contributed by atoms with Gasteiger partial charge < -0.3 is 20.4 Å². The van der Waals surface area contributed by atoms with Crippen molar-refractivity contribution in [1.29, 1.82) is 0 Å². The summed E-state index contributed by atoms with van der Waals surface area (Å²) in [5.41, 5.74) is 9.52. The van der Waals surface area contributed by atoms with Crippen molar-refractivity contribution in [1.82, 2.24) is 5.32 Å². The monoisotopic (exact) mass is 353 g/mol. The Morgan fingerprint density at radius 3 is 2.81 bits per heavy atom. The zero-order valence-corrected chi connectivity index (χ0v) is 15.3. The molecule has 1 aliphatic carbocycles. The number of carbonyl (C=O) groups is 1. The topological polar surface area (TPSA) is 71.5 Å². The van der Waals surface area contributed by atoms with E-state index in [2.05, 4.69) is 41.4 Å². The molecule has 1 amide bonds. The molecule has 1 unspecified atom stereocenters. The number of nitrogens with two attached hydrogens (primary N) is 1. The molecule has 1 fully saturated rings. The number of fused-ring (bicyclic) bond motifs is 1. The summed E-state index contributed by atoms with van der Waals surface area (Å²) in [6, 6.07) is 11.3. The van der Waals surface area contributed by atoms with Crippen LogP contribution in [-0.2, 0) is 13.0 Å². The highest BCUT2D eigenvalue weighted by molar-refractivity contribution is 5.93. The van der Waals surface area contributed by atoms with Gasteiger partial charge in [0, 0.05) is 35.9 Å². The molecule has 1 saturated carbocycles. The van der Waals surface area contributed by atoms with Gasteiger partial charge in [0.25, 0.3) is 5.91 Å². The average molecular weight is 353 g/mol. The van der Waals surface area contributed by atoms with Crippen LogP contribution in [0.1, 0.15) is 54.3 Å². The van der Waals surface area contributed by atoms with Gasteiger partial charge in [-0.1, -0.05) is 18.2 Å². The number of para-hydroxylation sites is 1. The number of nitrogens with one attached hydrogen (secondary N) is 1. The molecule has 138 valence electrons. The summed E-state index contributed by atoms with van der Waals surface area (Å²) >= 11 is 0. The molecule has 1 aromatic heterocycles. The standard InChI is InChI=1S/C21H27N3O2/c1-14-12-15-4-2-3-5-19(15)24(14)13-16-10-11-26-20(16)21(25)23-18-8-6-17(22)7-9-18/h2-5,10-11,14,17-18H,6-9,12-13,22H2,1H3,(H,23,25). The molecule has 2 heterocycles. The minimum absolute atomic E-state index is 0.106. The number of hydrogen-bond acceptors (Lipinski definition) is 4. The molecule has 1 aromatic carbocycles. The number of anilines is 1. The van der Waals surface area contributed by atoms with E-state index in [0.717, 1.165) is 37.7 Å². The predicted octanol–water partition coefficient (Wildman–Crippen LogP) is 3.23. The summed E-state index contributed by atoms with van der Waals surface area (Å²) in [6.07, 6.45) is 6.49. The van der Waals surface area contributed by atoms with Crippen LogP contribution < -0.4 is 16.0 Å². The van der Waals surface area contributed by atoms with E-state index in [-0.39, 0.29) is 18.0 Å². The van der Waals surface area contributed by atoms with E-state index < -0.39 is 0 Å². The van der Waals surface area contributed by atoms with Gasteiger partial charge in [-0.15, -0.1) is 0 Å². The minimum Gasteiger partial charge on any atom is -0.459 e. The van der Waals surface area contributed by atoms with Gasteiger partial charge in [0.1, 0.15) is 0 Å². The van der Waals surface area contributed by atoms with Crippen LogP contribution in [-0.4, -0.2) is 24.0 Å². The summed E-state index contributed by atoms with van der Waals surface area (Å²) in [7, 11) is 0. The lowest BCUT2D eigenvalue weighted by molar-refractivity contribution is 0.0896. The summed E-state index contributed by atoms with van der Waals surface area (Å²) in [4.78, 5) is 15.1. The number of amides is 1. The highest BCUT2D eigenvalue weighted by Crippen LogP contribution is 2.33. The molecule has 26 heavy (non-hydrogen) atoms. The maximum absolute atomic E-state index is 12.7. The fourth-order valence-corrected chi connectivity index (χ4v) is 4.23. The number of carbonyl (C=O) groups excluding carboxylic acids is 1. The van der Waals surface area contributed by atoms with Crippen molar-refractivity contribution >= 4 is 11.6 Å². The molecule has 5 heteroatoms. The molecule has 1 atom stereocenters. The van der Waals surface area contributed by atoms with Gasteiger partial charge in [-0.25, -0.2) is 0 Å². The van der Waals surface area contributed by atoms with Gasteiger partial charge in [0.05, 0.1) is 6.26 Å². The molecule has 1 aliphatic heterocycles. The Morgan fingerprint density at radius 2 is 2.00 bits per heavy atom. The molecule has 0 radical (unpaired) electrons. The van der Waals surface area contributed by atoms with Gasteiger partial charge in [-0.05, 0) is 56.7 Å². The van der Waals surface area contributed by atoms with E-state index in [4.69, 9.17) is 10.2 Å². The van der Waals surface area contributed by atoms with Crippen molar-refractivity contribution in [2.45, 2.75) is 63.7 Å². The predicted molar refractivity (Wildman–Crippen MR) is 102 cm³/mol. The first-order valence-corrected chi connectivity index (χ1v) is 9.59. The number of nitrogens with zero attached hydrogens (tertiary/aromatic N) is 1. The molecule has 2 aromatic rings. The van der Waals surface area contributed by atoms with Crippen LogP contribution in [0.25, 0.3) is 0 Å². The maximum atomic E-state index is 12.7. The van der Waals surface area contributed by atoms with E-state index in [1.54, 1.807) is 6.26 Å². The van der Waals surface area contributed by atoms with Crippen LogP contribution in [0.5, 0.6) is 0 Å². The van der Waals surface area contributed by atoms with E-state index >= 15 is 0 Å². The fourth-order valence-electron chi connectivity index (χ4n) is 4.23. The zero-order valence-electron chi connectivity index (χ0n) is 15.3. The molecule has 4 rings (SSSR count). The van der Waals surface area contributed by atoms with Crippen molar-refractivity contribution < 1.29 is 9.21 Å². The molecule has 0 bridgehead atoms. The van der Waals surface area contributed by atoms with Gasteiger partial charge in [0.15, 0.2) is 5.76 Å². The first-order valence-electron chi connectivity index (χ1n) is 9.59. The smallest absolute Gasteiger partial charge is 0.287 e. The molecule has 0 saturated heterocycles. The fraction of sp³-hybridized carbons (Fsp3) is 0.476. The van der Waals surface area contributed by atoms with Crippen molar-refractivity contribution in [3.05, 3.63) is 53.5 Å². The Labute approximate surface area is 154 Å². The lowest BCUT2D eigenvalue weighted by atomic mass is 9.92. The Balaban J connectivity index is 1.46. The summed E-state index contributed by atoms with van der Waals surface area (Å²) in [5, 5.41) is 3.13. The van der Waals surface area contributed by atoms with Crippen LogP contribution in [0.15, 0.2) is 41.0 Å². The Hall–Kier alpha value is -2.27. The second-order valence-corrected chi connectivity index (χ2v) is 7.67. The SMILES string of the molecule is CC1Cc2ccccc2N1Cc1ccoc1C(=O)NC1CCC(N)CC1. The van der Waals surface area contributed by atoms with Crippen LogP contribution in [0.3, 0.4) is 0 Å². The Morgan fingerprint density at radius 1 is 1.23 bits per heavy atom. The van der Waals surface area contributed by atoms with Gasteiger partial charge in [-0.2, -0.15) is 0 Å². The second kappa shape index (κ2) is 7.16. The van der Waals surface area contributed by atoms with E-state index in [1.165, 1.54) is 11.3 Å². The third-order valence-corrected chi connectivity index (χ3v) is 5.75. The molecule has 5 nitrogen and oxygen atoms in total. The number of rotatable bonds is 4. The lowest BCUT2D eigenvalue weighted by Crippen LogP contribution is -2.40. The summed E-state index contributed by atoms with van der Waals surface area (Å²) < 4.78 is 5.56. The number of benzene rings is 1. The first kappa shape index (κ1) is 17.2. The van der Waals surface area contributed by atoms with E-state index in [1.807, 2.05) is 6.07 Å². The molecular weight excluding hydrogens is 326 g/mol. The van der Waals surface area contributed by atoms with Crippen LogP contribution in [0.4, 0.5) is 5.69 Å². The van der Waals surface area contributed by atoms with Crippen molar-refractivity contribution in [2.75, 3.05) is 4.90 Å². The first-order chi connectivity index (χ1) is 12.6. The van der Waals surface area contributed by atoms with Crippen LogP contribution in [0, 0.1) is 0 Å². The second-order valence-electron chi connectivity index (χ2n) is 7.67. The molecular formula is C21H27N3O2. The van der Waals surface area contributed by atoms with Crippen molar-refractivity contribution in [3.8, 4) is 0 Å². The van der Waals surface area contributed by atoms with E-state index in [9.17, 15) is 4.79 Å². The van der Waals surface area contributed by atoms with Crippen LogP contribution in [0.2, 0.25) is 0 Å². The van der Waals surface area contributed by atoms with E-state index in [0.29, 0.717) is 18.3 Å². The summed E-state index contributed by atoms with van der Waals surface area (Å²) in [6.45, 7) is 2.91. The average Bonchev–Trinajstić information content (AvgIpc) is 3.22. The van der Waals surface area contributed by atoms with Crippen molar-refractivity contribution in [2.24, 2.45) is 5.73 Å². The van der Waals surface area contributed by atoms with Gasteiger partial charge in [0.2, 0.25) is 0 Å². The highest BCUT2D eigenvalue weighted by atomic mass is 16.3. The third-order valence-electron chi connectivity index (χ3n) is 5.75. The quantitative estimate of drug-likeness (QED) is 0.885. The molecule has 0 spiro atoms. The number of furan rings is 1. The Kier molecular flexibility index (Phi) is 4.72.